The Morgan fingerprint density at radius 3 is 2.60 bits per heavy atom. The van der Waals surface area contributed by atoms with Crippen LogP contribution in [-0.4, -0.2) is 16.7 Å². The van der Waals surface area contributed by atoms with E-state index in [0.717, 1.165) is 3.81 Å². The van der Waals surface area contributed by atoms with Gasteiger partial charge in [0.25, 0.3) is 0 Å². The predicted molar refractivity (Wildman–Crippen MR) is 47.7 cm³/mol. The van der Waals surface area contributed by atoms with Crippen LogP contribution in [0.2, 0.25) is 0 Å². The van der Waals surface area contributed by atoms with Crippen LogP contribution in [0.4, 0.5) is 4.79 Å². The van der Waals surface area contributed by atoms with Gasteiger partial charge >= 0.3 is 5.30 Å². The van der Waals surface area contributed by atoms with Crippen LogP contribution in [0.3, 0.4) is 0 Å². The zero-order valence-electron chi connectivity index (χ0n) is 5.37. The lowest BCUT2D eigenvalue weighted by atomic mass is 10.6. The minimum Gasteiger partial charge on any atom is -0.474 e. The summed E-state index contributed by atoms with van der Waals surface area (Å²) in [6, 6.07) is 0. The summed E-state index contributed by atoms with van der Waals surface area (Å²) in [7, 11) is -1.69. The first-order valence-electron chi connectivity index (χ1n) is 2.62. The van der Waals surface area contributed by atoms with Gasteiger partial charge in [0.05, 0.1) is 0 Å². The Labute approximate surface area is 69.1 Å². The second kappa shape index (κ2) is 2.43. The largest absolute Gasteiger partial charge is 0.474 e. The van der Waals surface area contributed by atoms with E-state index in [1.807, 2.05) is 0 Å². The molecule has 0 aromatic rings. The molecule has 0 amide bonds. The van der Waals surface area contributed by atoms with Gasteiger partial charge in [-0.1, -0.05) is 16.1 Å². The number of allylic oxidation sites excluding steroid dienone is 2. The van der Waals surface area contributed by atoms with Crippen molar-refractivity contribution >= 4 is 31.3 Å². The van der Waals surface area contributed by atoms with E-state index in [0.29, 0.717) is 0 Å². The highest BCUT2D eigenvalue weighted by atomic mass is 79.9. The predicted octanol–water partition coefficient (Wildman–Crippen LogP) is 2.86. The lowest BCUT2D eigenvalue weighted by Crippen LogP contribution is -2.02. The SMILES string of the molecule is CS1(C(=O)O)C=CC=C1Br. The van der Waals surface area contributed by atoms with Gasteiger partial charge in [0.1, 0.15) is 0 Å². The summed E-state index contributed by atoms with van der Waals surface area (Å²) in [5.74, 6) is 0. The maximum absolute atomic E-state index is 10.6. The molecule has 2 nitrogen and oxygen atoms in total. The van der Waals surface area contributed by atoms with Crippen LogP contribution in [0, 0.1) is 0 Å². The quantitative estimate of drug-likeness (QED) is 0.685. The second-order valence-corrected chi connectivity index (χ2v) is 6.45. The van der Waals surface area contributed by atoms with Crippen LogP contribution in [0.25, 0.3) is 0 Å². The molecule has 0 radical (unpaired) electrons. The van der Waals surface area contributed by atoms with Crippen LogP contribution in [-0.2, 0) is 0 Å². The molecule has 0 saturated heterocycles. The Bertz CT molecular complexity index is 234. The highest BCUT2D eigenvalue weighted by molar-refractivity contribution is 9.15. The summed E-state index contributed by atoms with van der Waals surface area (Å²) in [4.78, 5) is 10.6. The molecule has 0 spiro atoms. The van der Waals surface area contributed by atoms with Crippen molar-refractivity contribution in [3.05, 3.63) is 21.4 Å². The van der Waals surface area contributed by atoms with Gasteiger partial charge < -0.3 is 5.11 Å². The average molecular weight is 223 g/mol. The van der Waals surface area contributed by atoms with E-state index in [9.17, 15) is 4.79 Å². The van der Waals surface area contributed by atoms with E-state index in [4.69, 9.17) is 5.11 Å². The highest BCUT2D eigenvalue weighted by Crippen LogP contribution is 2.59. The first kappa shape index (κ1) is 7.88. The van der Waals surface area contributed by atoms with Crippen molar-refractivity contribution in [2.75, 3.05) is 6.26 Å². The number of rotatable bonds is 0. The van der Waals surface area contributed by atoms with Gasteiger partial charge in [-0.05, 0) is 33.7 Å². The Morgan fingerprint density at radius 1 is 1.80 bits per heavy atom. The Hall–Kier alpha value is -0.220. The number of carbonyl (C=O) groups is 1. The summed E-state index contributed by atoms with van der Waals surface area (Å²) in [6.07, 6.45) is 5.29. The molecule has 0 aliphatic carbocycles. The maximum atomic E-state index is 10.6. The van der Waals surface area contributed by atoms with E-state index in [2.05, 4.69) is 15.9 Å². The maximum Gasteiger partial charge on any atom is 0.355 e. The van der Waals surface area contributed by atoms with E-state index < -0.39 is 15.3 Å². The number of hydrogen-bond acceptors (Lipinski definition) is 1. The molecule has 0 bridgehead atoms. The molecule has 4 heteroatoms. The minimum atomic E-state index is -1.69. The van der Waals surface area contributed by atoms with Crippen molar-refractivity contribution in [1.29, 1.82) is 0 Å². The molecule has 0 saturated carbocycles. The molecule has 0 aromatic carbocycles. The van der Waals surface area contributed by atoms with E-state index in [1.165, 1.54) is 0 Å². The summed E-state index contributed by atoms with van der Waals surface area (Å²) >= 11 is 3.22. The molecule has 0 fully saturated rings. The fourth-order valence-corrected chi connectivity index (χ4v) is 2.68. The van der Waals surface area contributed by atoms with Crippen LogP contribution in [0.15, 0.2) is 21.4 Å². The first-order valence-corrected chi connectivity index (χ1v) is 5.52. The number of halogens is 1. The zero-order valence-corrected chi connectivity index (χ0v) is 7.78. The number of carboxylic acid groups (broad SMARTS) is 1. The van der Waals surface area contributed by atoms with Crippen LogP contribution < -0.4 is 0 Å². The lowest BCUT2D eigenvalue weighted by molar-refractivity contribution is 0.221. The van der Waals surface area contributed by atoms with Gasteiger partial charge in [0.15, 0.2) is 0 Å². The normalized spacial score (nSPS) is 36.8. The molecular weight excluding hydrogens is 216 g/mol. The van der Waals surface area contributed by atoms with Crippen LogP contribution >= 0.6 is 26.0 Å². The van der Waals surface area contributed by atoms with E-state index >= 15 is 0 Å². The highest BCUT2D eigenvalue weighted by Gasteiger charge is 2.29. The molecule has 0 aromatic heterocycles. The van der Waals surface area contributed by atoms with Gasteiger partial charge in [-0.3, -0.25) is 0 Å². The van der Waals surface area contributed by atoms with Gasteiger partial charge in [-0.15, -0.1) is 0 Å². The van der Waals surface area contributed by atoms with Crippen LogP contribution in [0.5, 0.6) is 0 Å². The van der Waals surface area contributed by atoms with Crippen molar-refractivity contribution in [2.24, 2.45) is 0 Å². The standard InChI is InChI=1S/C6H7BrO2S/c1-10(6(8)9)4-2-3-5(10)7/h2-4H,1H3,(H,8,9). The fourth-order valence-electron chi connectivity index (χ4n) is 0.620. The van der Waals surface area contributed by atoms with Gasteiger partial charge in [0.2, 0.25) is 0 Å². The molecule has 1 aliphatic rings. The summed E-state index contributed by atoms with van der Waals surface area (Å²) in [6.45, 7) is 0. The Kier molecular flexibility index (Phi) is 1.92. The molecule has 1 rings (SSSR count). The van der Waals surface area contributed by atoms with Crippen molar-refractivity contribution in [2.45, 2.75) is 0 Å². The summed E-state index contributed by atoms with van der Waals surface area (Å²) < 4.78 is 0.785. The van der Waals surface area contributed by atoms with Gasteiger partial charge in [0, 0.05) is 3.81 Å². The first-order chi connectivity index (χ1) is 4.57. The third kappa shape index (κ3) is 1.01. The Balaban J connectivity index is 3.00. The minimum absolute atomic E-state index is 0.746. The van der Waals surface area contributed by atoms with Crippen molar-refractivity contribution in [3.8, 4) is 0 Å². The summed E-state index contributed by atoms with van der Waals surface area (Å²) in [5, 5.41) is 9.75. The van der Waals surface area contributed by atoms with E-state index in [-0.39, 0.29) is 0 Å². The molecule has 56 valence electrons. The molecule has 1 heterocycles. The fraction of sp³-hybridized carbons (Fsp3) is 0.167. The molecule has 10 heavy (non-hydrogen) atoms. The monoisotopic (exact) mass is 222 g/mol. The van der Waals surface area contributed by atoms with Crippen molar-refractivity contribution < 1.29 is 9.90 Å². The lowest BCUT2D eigenvalue weighted by Gasteiger charge is -2.22. The van der Waals surface area contributed by atoms with Crippen LogP contribution in [0.1, 0.15) is 0 Å². The molecule has 1 unspecified atom stereocenters. The molecule has 1 N–H and O–H groups in total. The second-order valence-electron chi connectivity index (χ2n) is 2.05. The van der Waals surface area contributed by atoms with E-state index in [1.54, 1.807) is 23.8 Å². The molecule has 1 aliphatic heterocycles. The summed E-state index contributed by atoms with van der Waals surface area (Å²) in [5.41, 5.74) is 0. The zero-order chi connectivity index (χ0) is 7.78. The third-order valence-corrected chi connectivity index (χ3v) is 6.00. The molecule has 1 atom stereocenters. The Morgan fingerprint density at radius 2 is 2.40 bits per heavy atom. The number of hydrogen-bond donors (Lipinski definition) is 1. The third-order valence-electron chi connectivity index (χ3n) is 1.35. The van der Waals surface area contributed by atoms with Crippen molar-refractivity contribution in [1.82, 2.24) is 0 Å². The topological polar surface area (TPSA) is 37.3 Å². The van der Waals surface area contributed by atoms with Gasteiger partial charge in [-0.25, -0.2) is 4.79 Å². The smallest absolute Gasteiger partial charge is 0.355 e. The van der Waals surface area contributed by atoms with Crippen molar-refractivity contribution in [3.63, 3.8) is 0 Å². The molecular formula is C6H7BrO2S. The average Bonchev–Trinajstić information content (AvgIpc) is 2.15. The van der Waals surface area contributed by atoms with Gasteiger partial charge in [-0.2, -0.15) is 0 Å².